The number of aromatic nitrogens is 1. The van der Waals surface area contributed by atoms with E-state index in [2.05, 4.69) is 22.5 Å². The van der Waals surface area contributed by atoms with Crippen molar-refractivity contribution >= 4 is 28.3 Å². The molecule has 4 heteroatoms. The van der Waals surface area contributed by atoms with E-state index in [1.165, 1.54) is 0 Å². The van der Waals surface area contributed by atoms with Gasteiger partial charge in [-0.3, -0.25) is 0 Å². The van der Waals surface area contributed by atoms with Crippen LogP contribution in [-0.2, 0) is 0 Å². The first-order chi connectivity index (χ1) is 6.86. The van der Waals surface area contributed by atoms with Crippen LogP contribution in [0.3, 0.4) is 0 Å². The van der Waals surface area contributed by atoms with Gasteiger partial charge in [-0.15, -0.1) is 5.10 Å². The van der Waals surface area contributed by atoms with Crippen LogP contribution in [0, 0.1) is 0 Å². The average molecular weight is 204 g/mol. The Morgan fingerprint density at radius 1 is 1.43 bits per heavy atom. The molecule has 0 saturated heterocycles. The third-order valence-corrected chi connectivity index (χ3v) is 2.10. The van der Waals surface area contributed by atoms with Crippen molar-refractivity contribution in [1.29, 1.82) is 0 Å². The van der Waals surface area contributed by atoms with Crippen molar-refractivity contribution in [2.75, 3.05) is 7.11 Å². The zero-order chi connectivity index (χ0) is 9.97. The van der Waals surface area contributed by atoms with Crippen molar-refractivity contribution in [3.63, 3.8) is 0 Å². The summed E-state index contributed by atoms with van der Waals surface area (Å²) >= 11 is 4.56. The summed E-state index contributed by atoms with van der Waals surface area (Å²) in [6.07, 6.45) is 1.83. The van der Waals surface area contributed by atoms with E-state index in [1.54, 1.807) is 11.8 Å². The van der Waals surface area contributed by atoms with Gasteiger partial charge in [0.05, 0.1) is 12.3 Å². The molecule has 0 aliphatic carbocycles. The summed E-state index contributed by atoms with van der Waals surface area (Å²) in [4.78, 5) is 0. The summed E-state index contributed by atoms with van der Waals surface area (Å²) in [6, 6.07) is 7.77. The molecule has 0 radical (unpaired) electrons. The fourth-order valence-electron chi connectivity index (χ4n) is 1.44. The Hall–Kier alpha value is -1.64. The molecule has 0 spiro atoms. The molecular weight excluding hydrogens is 196 g/mol. The van der Waals surface area contributed by atoms with Gasteiger partial charge in [0.25, 0.3) is 0 Å². The summed E-state index contributed by atoms with van der Waals surface area (Å²) in [5.74, 6) is 0.779. The highest BCUT2D eigenvalue weighted by molar-refractivity contribution is 7.78. The molecule has 1 aromatic carbocycles. The zero-order valence-corrected chi connectivity index (χ0v) is 8.41. The van der Waals surface area contributed by atoms with Crippen LogP contribution in [-0.4, -0.2) is 16.9 Å². The minimum Gasteiger partial charge on any atom is -0.494 e. The van der Waals surface area contributed by atoms with Crippen molar-refractivity contribution in [3.8, 4) is 5.75 Å². The van der Waals surface area contributed by atoms with Gasteiger partial charge >= 0.3 is 0 Å². The number of hydrogen-bond acceptors (Lipinski definition) is 3. The van der Waals surface area contributed by atoms with E-state index >= 15 is 0 Å². The second-order valence-corrected chi connectivity index (χ2v) is 2.93. The maximum atomic E-state index is 5.23. The number of ether oxygens (including phenoxy) is 1. The minimum atomic E-state index is 0.779. The normalized spacial score (nSPS) is 9.79. The summed E-state index contributed by atoms with van der Waals surface area (Å²) in [7, 11) is 1.63. The molecule has 14 heavy (non-hydrogen) atoms. The molecule has 0 unspecified atom stereocenters. The van der Waals surface area contributed by atoms with Crippen molar-refractivity contribution < 1.29 is 4.74 Å². The summed E-state index contributed by atoms with van der Waals surface area (Å²) < 4.78 is 6.88. The highest BCUT2D eigenvalue weighted by Gasteiger charge is 2.05. The number of hydrogen-bond donors (Lipinski definition) is 0. The standard InChI is InChI=1S/C10H8N2OS/c1-13-9-4-2-3-8-5-6-12(10(8)9)11-7-14/h2-6H,1H3. The van der Waals surface area contributed by atoms with E-state index in [0.717, 1.165) is 16.7 Å². The van der Waals surface area contributed by atoms with Crippen molar-refractivity contribution in [3.05, 3.63) is 30.5 Å². The van der Waals surface area contributed by atoms with Gasteiger partial charge in [0.2, 0.25) is 0 Å². The number of nitrogens with zero attached hydrogens (tertiary/aromatic N) is 2. The van der Waals surface area contributed by atoms with Gasteiger partial charge in [0, 0.05) is 11.6 Å². The Labute approximate surface area is 86.6 Å². The molecule has 0 amide bonds. The van der Waals surface area contributed by atoms with Crippen LogP contribution in [0.5, 0.6) is 5.75 Å². The monoisotopic (exact) mass is 204 g/mol. The summed E-state index contributed by atoms with van der Waals surface area (Å²) in [6.45, 7) is 0. The Bertz CT molecular complexity index is 512. The molecule has 0 aliphatic rings. The summed E-state index contributed by atoms with van der Waals surface area (Å²) in [5, 5.41) is 7.30. The first-order valence-corrected chi connectivity index (χ1v) is 4.50. The second kappa shape index (κ2) is 3.62. The fraction of sp³-hybridized carbons (Fsp3) is 0.100. The number of methoxy groups -OCH3 is 1. The van der Waals surface area contributed by atoms with Crippen LogP contribution in [0.4, 0.5) is 0 Å². The molecule has 0 aliphatic heterocycles. The minimum absolute atomic E-state index is 0.779. The first-order valence-electron chi connectivity index (χ1n) is 4.09. The van der Waals surface area contributed by atoms with Crippen LogP contribution in [0.1, 0.15) is 0 Å². The first kappa shape index (κ1) is 8.94. The molecule has 0 fully saturated rings. The van der Waals surface area contributed by atoms with Gasteiger partial charge < -0.3 is 4.74 Å². The molecule has 0 atom stereocenters. The molecule has 3 nitrogen and oxygen atoms in total. The third kappa shape index (κ3) is 1.31. The van der Waals surface area contributed by atoms with Crippen LogP contribution < -0.4 is 4.74 Å². The molecule has 2 aromatic rings. The lowest BCUT2D eigenvalue weighted by atomic mass is 10.2. The number of rotatable bonds is 2. The quantitative estimate of drug-likeness (QED) is 0.555. The predicted octanol–water partition coefficient (Wildman–Crippen LogP) is 2.52. The Balaban J connectivity index is 2.80. The van der Waals surface area contributed by atoms with Crippen LogP contribution in [0.2, 0.25) is 0 Å². The lowest BCUT2D eigenvalue weighted by Crippen LogP contribution is -1.89. The van der Waals surface area contributed by atoms with E-state index in [4.69, 9.17) is 4.74 Å². The second-order valence-electron chi connectivity index (χ2n) is 2.75. The topological polar surface area (TPSA) is 26.5 Å². The van der Waals surface area contributed by atoms with Gasteiger partial charge in [0.1, 0.15) is 11.3 Å². The van der Waals surface area contributed by atoms with E-state index in [-0.39, 0.29) is 0 Å². The van der Waals surface area contributed by atoms with Crippen LogP contribution in [0.15, 0.2) is 35.6 Å². The average Bonchev–Trinajstić information content (AvgIpc) is 2.62. The SMILES string of the molecule is COc1cccc2ccn(N=C=S)c12. The Kier molecular flexibility index (Phi) is 2.31. The van der Waals surface area contributed by atoms with Crippen molar-refractivity contribution in [2.24, 2.45) is 5.10 Å². The predicted molar refractivity (Wildman–Crippen MR) is 58.9 cm³/mol. The largest absolute Gasteiger partial charge is 0.494 e. The van der Waals surface area contributed by atoms with Gasteiger partial charge in [-0.2, -0.15) is 0 Å². The fourth-order valence-corrected chi connectivity index (χ4v) is 1.52. The maximum absolute atomic E-state index is 5.23. The molecule has 0 bridgehead atoms. The highest BCUT2D eigenvalue weighted by Crippen LogP contribution is 2.25. The van der Waals surface area contributed by atoms with Crippen LogP contribution >= 0.6 is 12.2 Å². The number of thiocarbonyl (C=S) groups is 1. The number of para-hydroxylation sites is 1. The van der Waals surface area contributed by atoms with Gasteiger partial charge in [-0.25, -0.2) is 4.68 Å². The van der Waals surface area contributed by atoms with E-state index in [0.29, 0.717) is 0 Å². The van der Waals surface area contributed by atoms with Crippen molar-refractivity contribution in [1.82, 2.24) is 4.68 Å². The van der Waals surface area contributed by atoms with Gasteiger partial charge in [0.15, 0.2) is 0 Å². The number of isothiocyanates is 1. The number of benzene rings is 1. The molecule has 2 rings (SSSR count). The number of fused-ring (bicyclic) bond motifs is 1. The lowest BCUT2D eigenvalue weighted by Gasteiger charge is -2.02. The molecule has 1 aromatic heterocycles. The molecule has 0 N–H and O–H groups in total. The third-order valence-electron chi connectivity index (χ3n) is 2.02. The smallest absolute Gasteiger partial charge is 0.145 e. The molecule has 70 valence electrons. The van der Waals surface area contributed by atoms with Crippen LogP contribution in [0.25, 0.3) is 10.9 Å². The zero-order valence-electron chi connectivity index (χ0n) is 7.60. The molecule has 0 saturated carbocycles. The highest BCUT2D eigenvalue weighted by atomic mass is 32.1. The lowest BCUT2D eigenvalue weighted by molar-refractivity contribution is 0.418. The van der Waals surface area contributed by atoms with E-state index < -0.39 is 0 Å². The van der Waals surface area contributed by atoms with Gasteiger partial charge in [-0.1, -0.05) is 12.1 Å². The van der Waals surface area contributed by atoms with Gasteiger partial charge in [-0.05, 0) is 24.4 Å². The molecular formula is C10H8N2OS. The Morgan fingerprint density at radius 2 is 2.29 bits per heavy atom. The maximum Gasteiger partial charge on any atom is 0.145 e. The van der Waals surface area contributed by atoms with E-state index in [1.807, 2.05) is 30.5 Å². The van der Waals surface area contributed by atoms with Crippen molar-refractivity contribution in [2.45, 2.75) is 0 Å². The Morgan fingerprint density at radius 3 is 3.00 bits per heavy atom. The molecule has 1 heterocycles. The summed E-state index contributed by atoms with van der Waals surface area (Å²) in [5.41, 5.74) is 0.910. The van der Waals surface area contributed by atoms with E-state index in [9.17, 15) is 0 Å².